The van der Waals surface area contributed by atoms with Gasteiger partial charge < -0.3 is 14.8 Å². The molecule has 0 unspecified atom stereocenters. The van der Waals surface area contributed by atoms with Gasteiger partial charge in [0.15, 0.2) is 0 Å². The van der Waals surface area contributed by atoms with Crippen LogP contribution in [0.3, 0.4) is 0 Å². The molecule has 4 aliphatic rings. The van der Waals surface area contributed by atoms with Crippen LogP contribution in [-0.2, 0) is 11.8 Å². The second-order valence-electron chi connectivity index (χ2n) is 9.19. The average molecular weight is 386 g/mol. The van der Waals surface area contributed by atoms with Gasteiger partial charge in [0.2, 0.25) is 5.91 Å². The van der Waals surface area contributed by atoms with E-state index in [9.17, 15) is 14.4 Å². The summed E-state index contributed by atoms with van der Waals surface area (Å²) >= 11 is 0. The zero-order valence-corrected chi connectivity index (χ0v) is 17.2. The van der Waals surface area contributed by atoms with Gasteiger partial charge in [-0.05, 0) is 76.2 Å². The van der Waals surface area contributed by atoms with Gasteiger partial charge in [-0.25, -0.2) is 0 Å². The molecular weight excluding hydrogens is 354 g/mol. The standard InChI is InChI=1S/C22H31N3O3/c1-4-25(5-2)19(26)17-9-18(20(27)24(3)13-17)23-21(28)22-10-14-6-15(11-22)8-16(7-14)12-22/h9,13-16H,4-8,10-12H2,1-3H3,(H,23,28). The molecule has 0 radical (unpaired) electrons. The van der Waals surface area contributed by atoms with Gasteiger partial charge in [0.05, 0.1) is 11.0 Å². The Kier molecular flexibility index (Phi) is 4.84. The van der Waals surface area contributed by atoms with Gasteiger partial charge in [0, 0.05) is 26.3 Å². The Bertz CT molecular complexity index is 818. The molecule has 0 aliphatic heterocycles. The molecule has 0 saturated heterocycles. The highest BCUT2D eigenvalue weighted by atomic mass is 16.2. The van der Waals surface area contributed by atoms with E-state index in [0.29, 0.717) is 36.4 Å². The van der Waals surface area contributed by atoms with Crippen LogP contribution >= 0.6 is 0 Å². The van der Waals surface area contributed by atoms with E-state index in [1.807, 2.05) is 13.8 Å². The largest absolute Gasteiger partial charge is 0.339 e. The lowest BCUT2D eigenvalue weighted by Gasteiger charge is -2.55. The van der Waals surface area contributed by atoms with E-state index in [0.717, 1.165) is 19.3 Å². The van der Waals surface area contributed by atoms with Gasteiger partial charge in [-0.2, -0.15) is 0 Å². The number of anilines is 1. The highest BCUT2D eigenvalue weighted by Crippen LogP contribution is 2.60. The number of aryl methyl sites for hydroxylation is 1. The second-order valence-corrected chi connectivity index (χ2v) is 9.19. The van der Waals surface area contributed by atoms with Gasteiger partial charge in [-0.15, -0.1) is 0 Å². The van der Waals surface area contributed by atoms with Crippen molar-refractivity contribution in [2.24, 2.45) is 30.2 Å². The summed E-state index contributed by atoms with van der Waals surface area (Å²) in [6, 6.07) is 1.56. The molecule has 1 aromatic heterocycles. The Morgan fingerprint density at radius 1 is 1.11 bits per heavy atom. The van der Waals surface area contributed by atoms with Crippen molar-refractivity contribution in [2.45, 2.75) is 52.4 Å². The molecule has 1 N–H and O–H groups in total. The number of hydrogen-bond acceptors (Lipinski definition) is 3. The van der Waals surface area contributed by atoms with Gasteiger partial charge in [-0.3, -0.25) is 14.4 Å². The van der Waals surface area contributed by atoms with Crippen LogP contribution in [0.15, 0.2) is 17.1 Å². The van der Waals surface area contributed by atoms with Crippen LogP contribution in [-0.4, -0.2) is 34.4 Å². The van der Waals surface area contributed by atoms with E-state index in [4.69, 9.17) is 0 Å². The summed E-state index contributed by atoms with van der Waals surface area (Å²) in [4.78, 5) is 40.4. The number of nitrogens with zero attached hydrogens (tertiary/aromatic N) is 2. The molecule has 6 heteroatoms. The maximum absolute atomic E-state index is 13.3. The Morgan fingerprint density at radius 3 is 2.14 bits per heavy atom. The SMILES string of the molecule is CCN(CC)C(=O)c1cc(NC(=O)C23CC4CC(CC(C4)C2)C3)c(=O)n(C)c1. The van der Waals surface area contributed by atoms with Crippen molar-refractivity contribution in [3.05, 3.63) is 28.2 Å². The van der Waals surface area contributed by atoms with Crippen LogP contribution in [0, 0.1) is 23.2 Å². The normalized spacial score (nSPS) is 30.3. The van der Waals surface area contributed by atoms with E-state index in [1.54, 1.807) is 24.2 Å². The number of hydrogen-bond donors (Lipinski definition) is 1. The maximum Gasteiger partial charge on any atom is 0.274 e. The highest BCUT2D eigenvalue weighted by molar-refractivity contribution is 5.98. The molecular formula is C22H31N3O3. The minimum Gasteiger partial charge on any atom is -0.339 e. The van der Waals surface area contributed by atoms with Gasteiger partial charge in [0.1, 0.15) is 5.69 Å². The van der Waals surface area contributed by atoms with E-state index < -0.39 is 0 Å². The molecule has 4 fully saturated rings. The van der Waals surface area contributed by atoms with Crippen LogP contribution in [0.1, 0.15) is 62.7 Å². The van der Waals surface area contributed by atoms with Gasteiger partial charge in [0.25, 0.3) is 11.5 Å². The summed E-state index contributed by atoms with van der Waals surface area (Å²) in [5.41, 5.74) is 0.0700. The Hall–Kier alpha value is -2.11. The fourth-order valence-electron chi connectivity index (χ4n) is 6.26. The topological polar surface area (TPSA) is 71.4 Å². The summed E-state index contributed by atoms with van der Waals surface area (Å²) < 4.78 is 1.39. The zero-order valence-electron chi connectivity index (χ0n) is 17.2. The Morgan fingerprint density at radius 2 is 1.64 bits per heavy atom. The van der Waals surface area contributed by atoms with Crippen molar-refractivity contribution in [3.8, 4) is 0 Å². The smallest absolute Gasteiger partial charge is 0.274 e. The predicted molar refractivity (Wildman–Crippen MR) is 108 cm³/mol. The lowest BCUT2D eigenvalue weighted by molar-refractivity contribution is -0.140. The van der Waals surface area contributed by atoms with Crippen LogP contribution in [0.2, 0.25) is 0 Å². The summed E-state index contributed by atoms with van der Waals surface area (Å²) in [7, 11) is 1.63. The summed E-state index contributed by atoms with van der Waals surface area (Å²) in [6.07, 6.45) is 8.20. The van der Waals surface area contributed by atoms with Crippen molar-refractivity contribution in [1.29, 1.82) is 0 Å². The third kappa shape index (κ3) is 3.16. The first kappa shape index (κ1) is 19.2. The lowest BCUT2D eigenvalue weighted by atomic mass is 9.49. The number of pyridine rings is 1. The Labute approximate surface area is 166 Å². The number of carbonyl (C=O) groups is 2. The molecule has 28 heavy (non-hydrogen) atoms. The van der Waals surface area contributed by atoms with Crippen LogP contribution in [0.4, 0.5) is 5.69 Å². The van der Waals surface area contributed by atoms with Crippen molar-refractivity contribution < 1.29 is 9.59 Å². The lowest BCUT2D eigenvalue weighted by Crippen LogP contribution is -2.52. The predicted octanol–water partition coefficient (Wildman–Crippen LogP) is 3.02. The maximum atomic E-state index is 13.3. The van der Waals surface area contributed by atoms with Gasteiger partial charge >= 0.3 is 0 Å². The van der Waals surface area contributed by atoms with E-state index >= 15 is 0 Å². The molecule has 4 aliphatic carbocycles. The number of carbonyl (C=O) groups excluding carboxylic acids is 2. The molecule has 1 heterocycles. The van der Waals surface area contributed by atoms with Crippen molar-refractivity contribution in [1.82, 2.24) is 9.47 Å². The molecule has 0 aromatic carbocycles. The molecule has 4 bridgehead atoms. The summed E-state index contributed by atoms with van der Waals surface area (Å²) in [5, 5.41) is 2.94. The summed E-state index contributed by atoms with van der Waals surface area (Å²) in [5.74, 6) is 1.85. The fraction of sp³-hybridized carbons (Fsp3) is 0.682. The van der Waals surface area contributed by atoms with E-state index in [1.165, 1.54) is 23.8 Å². The molecule has 6 nitrogen and oxygen atoms in total. The number of aromatic nitrogens is 1. The first-order valence-electron chi connectivity index (χ1n) is 10.7. The Balaban J connectivity index is 1.60. The quantitative estimate of drug-likeness (QED) is 0.847. The average Bonchev–Trinajstić information content (AvgIpc) is 2.65. The van der Waals surface area contributed by atoms with Crippen molar-refractivity contribution in [3.63, 3.8) is 0 Å². The molecule has 1 aromatic rings. The summed E-state index contributed by atoms with van der Waals surface area (Å²) in [6.45, 7) is 5.07. The molecule has 2 amide bonds. The number of amides is 2. The second kappa shape index (κ2) is 7.05. The van der Waals surface area contributed by atoms with Crippen molar-refractivity contribution in [2.75, 3.05) is 18.4 Å². The number of nitrogens with one attached hydrogen (secondary N) is 1. The molecule has 152 valence electrons. The molecule has 5 rings (SSSR count). The first-order valence-corrected chi connectivity index (χ1v) is 10.7. The van der Waals surface area contributed by atoms with E-state index in [-0.39, 0.29) is 28.5 Å². The molecule has 0 spiro atoms. The van der Waals surface area contributed by atoms with E-state index in [2.05, 4.69) is 5.32 Å². The van der Waals surface area contributed by atoms with Crippen LogP contribution in [0.5, 0.6) is 0 Å². The van der Waals surface area contributed by atoms with Gasteiger partial charge in [-0.1, -0.05) is 0 Å². The minimum atomic E-state index is -0.321. The monoisotopic (exact) mass is 385 g/mol. The molecule has 0 atom stereocenters. The molecule has 4 saturated carbocycles. The minimum absolute atomic E-state index is 0.0175. The number of rotatable bonds is 5. The van der Waals surface area contributed by atoms with Crippen LogP contribution in [0.25, 0.3) is 0 Å². The third-order valence-electron chi connectivity index (χ3n) is 7.25. The first-order chi connectivity index (χ1) is 13.3. The van der Waals surface area contributed by atoms with Crippen molar-refractivity contribution >= 4 is 17.5 Å². The highest BCUT2D eigenvalue weighted by Gasteiger charge is 2.54. The zero-order chi connectivity index (χ0) is 20.1. The fourth-order valence-corrected chi connectivity index (χ4v) is 6.26. The third-order valence-corrected chi connectivity index (χ3v) is 7.25. The van der Waals surface area contributed by atoms with Crippen LogP contribution < -0.4 is 10.9 Å².